The third kappa shape index (κ3) is 2.75. The average molecular weight is 281 g/mol. The van der Waals surface area contributed by atoms with Crippen molar-refractivity contribution in [1.82, 2.24) is 5.32 Å². The first kappa shape index (κ1) is 14.7. The molecule has 2 nitrogen and oxygen atoms in total. The number of rotatable bonds is 3. The third-order valence-electron chi connectivity index (χ3n) is 4.68. The number of hydrogen-bond donors (Lipinski definition) is 1. The Labute approximate surface area is 122 Å². The van der Waals surface area contributed by atoms with Crippen molar-refractivity contribution < 1.29 is 0 Å². The Hall–Kier alpha value is -0.730. The van der Waals surface area contributed by atoms with E-state index in [0.717, 1.165) is 31.0 Å². The molecule has 1 aromatic carbocycles. The van der Waals surface area contributed by atoms with Crippen molar-refractivity contribution in [3.8, 4) is 0 Å². The lowest BCUT2D eigenvalue weighted by Crippen LogP contribution is -2.63. The molecular weight excluding hydrogens is 256 g/mol. The quantitative estimate of drug-likeness (QED) is 0.900. The van der Waals surface area contributed by atoms with E-state index in [9.17, 15) is 0 Å². The molecule has 1 aliphatic rings. The van der Waals surface area contributed by atoms with Gasteiger partial charge in [-0.3, -0.25) is 0 Å². The summed E-state index contributed by atoms with van der Waals surface area (Å²) in [5.74, 6) is 0. The number of anilines is 1. The van der Waals surface area contributed by atoms with Crippen molar-refractivity contribution in [1.29, 1.82) is 0 Å². The van der Waals surface area contributed by atoms with Gasteiger partial charge in [-0.25, -0.2) is 0 Å². The van der Waals surface area contributed by atoms with Crippen LogP contribution in [0.3, 0.4) is 0 Å². The van der Waals surface area contributed by atoms with Gasteiger partial charge in [-0.15, -0.1) is 0 Å². The van der Waals surface area contributed by atoms with E-state index in [4.69, 9.17) is 11.6 Å². The van der Waals surface area contributed by atoms with Crippen molar-refractivity contribution in [3.05, 3.63) is 28.8 Å². The molecule has 1 N–H and O–H groups in total. The Bertz CT molecular complexity index is 440. The van der Waals surface area contributed by atoms with Crippen LogP contribution in [0.25, 0.3) is 0 Å². The highest BCUT2D eigenvalue weighted by molar-refractivity contribution is 6.31. The Morgan fingerprint density at radius 3 is 2.68 bits per heavy atom. The fraction of sp³-hybridized carbons (Fsp3) is 0.625. The molecule has 0 radical (unpaired) electrons. The number of halogens is 1. The fourth-order valence-electron chi connectivity index (χ4n) is 2.97. The molecule has 0 amide bonds. The summed E-state index contributed by atoms with van der Waals surface area (Å²) in [4.78, 5) is 2.52. The molecule has 1 unspecified atom stereocenters. The molecule has 1 atom stereocenters. The topological polar surface area (TPSA) is 15.3 Å². The number of benzene rings is 1. The largest absolute Gasteiger partial charge is 0.365 e. The second kappa shape index (κ2) is 5.72. The summed E-state index contributed by atoms with van der Waals surface area (Å²) < 4.78 is 0. The number of hydrogen-bond acceptors (Lipinski definition) is 2. The zero-order chi connectivity index (χ0) is 14.0. The molecule has 19 heavy (non-hydrogen) atoms. The Morgan fingerprint density at radius 2 is 2.05 bits per heavy atom. The number of nitrogens with zero attached hydrogens (tertiary/aromatic N) is 1. The number of nitrogens with one attached hydrogen (secondary N) is 1. The maximum Gasteiger partial charge on any atom is 0.0455 e. The predicted octanol–water partition coefficient (Wildman–Crippen LogP) is 4.01. The van der Waals surface area contributed by atoms with E-state index in [2.05, 4.69) is 50.0 Å². The molecule has 0 aliphatic carbocycles. The summed E-state index contributed by atoms with van der Waals surface area (Å²) in [5.41, 5.74) is 2.72. The fourth-order valence-corrected chi connectivity index (χ4v) is 3.14. The van der Waals surface area contributed by atoms with E-state index in [0.29, 0.717) is 6.04 Å². The SMILES string of the molecule is CCC1(CC)CN(c2cccc(Cl)c2C)C(C)CN1. The smallest absolute Gasteiger partial charge is 0.0455 e. The van der Waals surface area contributed by atoms with Crippen LogP contribution in [-0.4, -0.2) is 24.7 Å². The lowest BCUT2D eigenvalue weighted by atomic mass is 9.88. The monoisotopic (exact) mass is 280 g/mol. The summed E-state index contributed by atoms with van der Waals surface area (Å²) in [6.07, 6.45) is 2.32. The summed E-state index contributed by atoms with van der Waals surface area (Å²) in [6, 6.07) is 6.72. The van der Waals surface area contributed by atoms with Gasteiger partial charge in [-0.2, -0.15) is 0 Å². The second-order valence-corrected chi connectivity index (χ2v) is 6.14. The molecule has 3 heteroatoms. The zero-order valence-electron chi connectivity index (χ0n) is 12.5. The van der Waals surface area contributed by atoms with Crippen molar-refractivity contribution in [2.75, 3.05) is 18.0 Å². The molecule has 1 aromatic rings. The van der Waals surface area contributed by atoms with Gasteiger partial charge < -0.3 is 10.2 Å². The van der Waals surface area contributed by atoms with Crippen LogP contribution in [0.4, 0.5) is 5.69 Å². The maximum atomic E-state index is 6.28. The van der Waals surface area contributed by atoms with Crippen LogP contribution in [0, 0.1) is 6.92 Å². The van der Waals surface area contributed by atoms with Crippen molar-refractivity contribution in [2.24, 2.45) is 0 Å². The van der Waals surface area contributed by atoms with Crippen molar-refractivity contribution in [2.45, 2.75) is 52.1 Å². The predicted molar refractivity (Wildman–Crippen MR) is 84.3 cm³/mol. The molecule has 1 aliphatic heterocycles. The number of piperazine rings is 1. The second-order valence-electron chi connectivity index (χ2n) is 5.73. The standard InChI is InChI=1S/C16H25ClN2/c1-5-16(6-2)11-19(12(3)10-18-16)15-9-7-8-14(17)13(15)4/h7-9,12,18H,5-6,10-11H2,1-4H3. The molecule has 1 saturated heterocycles. The Balaban J connectivity index is 2.34. The van der Waals surface area contributed by atoms with Gasteiger partial charge >= 0.3 is 0 Å². The van der Waals surface area contributed by atoms with Crippen molar-refractivity contribution >= 4 is 17.3 Å². The maximum absolute atomic E-state index is 6.28. The summed E-state index contributed by atoms with van der Waals surface area (Å²) in [7, 11) is 0. The average Bonchev–Trinajstić information content (AvgIpc) is 2.43. The van der Waals surface area contributed by atoms with Gasteiger partial charge in [0.2, 0.25) is 0 Å². The first-order valence-electron chi connectivity index (χ1n) is 7.30. The van der Waals surface area contributed by atoms with Crippen LogP contribution in [-0.2, 0) is 0 Å². The van der Waals surface area contributed by atoms with E-state index in [1.165, 1.54) is 11.3 Å². The van der Waals surface area contributed by atoms with Gasteiger partial charge in [-0.1, -0.05) is 31.5 Å². The molecule has 1 fully saturated rings. The van der Waals surface area contributed by atoms with Crippen LogP contribution in [0.5, 0.6) is 0 Å². The van der Waals surface area contributed by atoms with Crippen LogP contribution < -0.4 is 10.2 Å². The molecule has 0 spiro atoms. The third-order valence-corrected chi connectivity index (χ3v) is 5.09. The Morgan fingerprint density at radius 1 is 1.37 bits per heavy atom. The van der Waals surface area contributed by atoms with E-state index < -0.39 is 0 Å². The van der Waals surface area contributed by atoms with Gasteiger partial charge in [0.15, 0.2) is 0 Å². The van der Waals surface area contributed by atoms with Gasteiger partial charge in [0, 0.05) is 35.4 Å². The van der Waals surface area contributed by atoms with Crippen LogP contribution in [0.1, 0.15) is 39.2 Å². The van der Waals surface area contributed by atoms with Crippen LogP contribution >= 0.6 is 11.6 Å². The lowest BCUT2D eigenvalue weighted by Gasteiger charge is -2.48. The molecular formula is C16H25ClN2. The summed E-state index contributed by atoms with van der Waals surface area (Å²) in [5, 5.41) is 4.60. The summed E-state index contributed by atoms with van der Waals surface area (Å²) in [6.45, 7) is 11.0. The molecule has 0 saturated carbocycles. The minimum Gasteiger partial charge on any atom is -0.365 e. The molecule has 0 aromatic heterocycles. The molecule has 106 valence electrons. The molecule has 2 rings (SSSR count). The minimum absolute atomic E-state index is 0.237. The van der Waals surface area contributed by atoms with Gasteiger partial charge in [0.05, 0.1) is 0 Å². The van der Waals surface area contributed by atoms with E-state index >= 15 is 0 Å². The van der Waals surface area contributed by atoms with Gasteiger partial charge in [0.1, 0.15) is 0 Å². The van der Waals surface area contributed by atoms with E-state index in [-0.39, 0.29) is 5.54 Å². The lowest BCUT2D eigenvalue weighted by molar-refractivity contribution is 0.253. The molecule has 1 heterocycles. The Kier molecular flexibility index (Phi) is 4.42. The minimum atomic E-state index is 0.237. The highest BCUT2D eigenvalue weighted by Gasteiger charge is 2.35. The van der Waals surface area contributed by atoms with Crippen LogP contribution in [0.2, 0.25) is 5.02 Å². The highest BCUT2D eigenvalue weighted by atomic mass is 35.5. The summed E-state index contributed by atoms with van der Waals surface area (Å²) >= 11 is 6.28. The van der Waals surface area contributed by atoms with Crippen molar-refractivity contribution in [3.63, 3.8) is 0 Å². The molecule has 0 bridgehead atoms. The van der Waals surface area contributed by atoms with E-state index in [1.807, 2.05) is 6.07 Å². The highest BCUT2D eigenvalue weighted by Crippen LogP contribution is 2.32. The van der Waals surface area contributed by atoms with Crippen LogP contribution in [0.15, 0.2) is 18.2 Å². The van der Waals surface area contributed by atoms with E-state index in [1.54, 1.807) is 0 Å². The first-order chi connectivity index (χ1) is 9.03. The van der Waals surface area contributed by atoms with Gasteiger partial charge in [0.25, 0.3) is 0 Å². The normalized spacial score (nSPS) is 22.6. The zero-order valence-corrected chi connectivity index (χ0v) is 13.2. The van der Waals surface area contributed by atoms with Gasteiger partial charge in [-0.05, 0) is 44.4 Å². The first-order valence-corrected chi connectivity index (χ1v) is 7.67.